The zero-order valence-electron chi connectivity index (χ0n) is 19.9. The van der Waals surface area contributed by atoms with Crippen LogP contribution in [-0.2, 0) is 17.5 Å². The largest absolute Gasteiger partial charge is 0.497 e. The first-order valence-electron chi connectivity index (χ1n) is 11.5. The second-order valence-corrected chi connectivity index (χ2v) is 13.1. The van der Waals surface area contributed by atoms with Gasteiger partial charge in [0.25, 0.3) is 0 Å². The predicted molar refractivity (Wildman–Crippen MR) is 165 cm³/mol. The van der Waals surface area contributed by atoms with E-state index >= 15 is 0 Å². The number of methoxy groups -OCH3 is 1. The smallest absolute Gasteiger partial charge is 0.152 e. The lowest BCUT2D eigenvalue weighted by Gasteiger charge is -2.27. The first kappa shape index (κ1) is 26.3. The van der Waals surface area contributed by atoms with Gasteiger partial charge in [-0.05, 0) is 84.9 Å². The summed E-state index contributed by atoms with van der Waals surface area (Å²) < 4.78 is 25.4. The van der Waals surface area contributed by atoms with Crippen LogP contribution >= 0.6 is 47.8 Å². The van der Waals surface area contributed by atoms with Gasteiger partial charge in [-0.2, -0.15) is 0 Å². The zero-order chi connectivity index (χ0) is 26.1. The molecule has 0 aliphatic rings. The summed E-state index contributed by atoms with van der Waals surface area (Å²) in [7, 11) is 0.202. The minimum atomic E-state index is -1.43. The molecule has 9 heteroatoms. The molecule has 5 aromatic rings. The van der Waals surface area contributed by atoms with Gasteiger partial charge in [-0.3, -0.25) is 4.31 Å². The van der Waals surface area contributed by atoms with Gasteiger partial charge >= 0.3 is 0 Å². The first-order chi connectivity index (χ1) is 17.8. The molecular formula is C28H24Br3N3O2S. The molecule has 1 heterocycles. The molecule has 4 aromatic carbocycles. The van der Waals surface area contributed by atoms with Gasteiger partial charge in [-0.15, -0.1) is 0 Å². The number of rotatable bonds is 8. The molecule has 0 radical (unpaired) electrons. The van der Waals surface area contributed by atoms with E-state index in [0.717, 1.165) is 31.4 Å². The van der Waals surface area contributed by atoms with Crippen LogP contribution in [0.1, 0.15) is 0 Å². The zero-order valence-corrected chi connectivity index (χ0v) is 25.5. The van der Waals surface area contributed by atoms with Gasteiger partial charge < -0.3 is 15.0 Å². The van der Waals surface area contributed by atoms with E-state index in [1.807, 2.05) is 40.7 Å². The lowest BCUT2D eigenvalue weighted by molar-refractivity contribution is 0.415. The van der Waals surface area contributed by atoms with Gasteiger partial charge in [0.2, 0.25) is 0 Å². The lowest BCUT2D eigenvalue weighted by Crippen LogP contribution is -2.33. The predicted octanol–water partition coefficient (Wildman–Crippen LogP) is 7.90. The van der Waals surface area contributed by atoms with Crippen molar-refractivity contribution in [3.05, 3.63) is 93.9 Å². The minimum absolute atomic E-state index is 0.00146. The Morgan fingerprint density at radius 3 is 2.00 bits per heavy atom. The van der Waals surface area contributed by atoms with Gasteiger partial charge in [0.1, 0.15) is 5.75 Å². The Balaban J connectivity index is 1.50. The molecule has 0 saturated heterocycles. The molecule has 5 rings (SSSR count). The number of nitrogens with two attached hydrogens (primary N) is 1. The van der Waals surface area contributed by atoms with E-state index < -0.39 is 11.0 Å². The summed E-state index contributed by atoms with van der Waals surface area (Å²) >= 11 is 11.2. The Kier molecular flexibility index (Phi) is 7.95. The van der Waals surface area contributed by atoms with E-state index in [2.05, 4.69) is 88.8 Å². The van der Waals surface area contributed by atoms with E-state index in [1.54, 1.807) is 19.2 Å². The number of hydrogen-bond donors (Lipinski definition) is 1. The number of ether oxygens (including phenoxy) is 1. The summed E-state index contributed by atoms with van der Waals surface area (Å²) in [5.41, 5.74) is 9.65. The molecule has 0 bridgehead atoms. The monoisotopic (exact) mass is 703 g/mol. The van der Waals surface area contributed by atoms with Crippen LogP contribution in [0.25, 0.3) is 21.8 Å². The number of nitrogens with zero attached hydrogens (tertiary/aromatic N) is 2. The minimum Gasteiger partial charge on any atom is -0.497 e. The second kappa shape index (κ2) is 11.2. The van der Waals surface area contributed by atoms with E-state index in [0.29, 0.717) is 23.7 Å². The Hall–Kier alpha value is -2.33. The van der Waals surface area contributed by atoms with Crippen LogP contribution in [0.3, 0.4) is 0 Å². The summed E-state index contributed by atoms with van der Waals surface area (Å²) in [5, 5.41) is 2.37. The Morgan fingerprint density at radius 1 is 0.892 bits per heavy atom. The molecule has 0 fully saturated rings. The number of anilines is 2. The van der Waals surface area contributed by atoms with Crippen LogP contribution < -0.4 is 14.8 Å². The van der Waals surface area contributed by atoms with E-state index in [1.165, 1.54) is 10.8 Å². The quantitative estimate of drug-likeness (QED) is 0.132. The topological polar surface area (TPSA) is 60.5 Å². The van der Waals surface area contributed by atoms with Crippen LogP contribution in [0.15, 0.2) is 98.8 Å². The Labute approximate surface area is 243 Å². The number of nitrogen functional groups attached to an aromatic ring is 1. The maximum atomic E-state index is 13.8. The van der Waals surface area contributed by atoms with Crippen molar-refractivity contribution < 1.29 is 8.95 Å². The van der Waals surface area contributed by atoms with Crippen LogP contribution in [0, 0.1) is 0 Å². The lowest BCUT2D eigenvalue weighted by atomic mass is 10.2. The fraction of sp³-hybridized carbons (Fsp3) is 0.143. The van der Waals surface area contributed by atoms with Crippen LogP contribution in [0.5, 0.6) is 5.75 Å². The second-order valence-electron chi connectivity index (χ2n) is 8.61. The fourth-order valence-electron chi connectivity index (χ4n) is 4.41. The number of benzene rings is 4. The fourth-order valence-corrected chi connectivity index (χ4v) is 7.15. The van der Waals surface area contributed by atoms with Crippen molar-refractivity contribution in [2.24, 2.45) is 0 Å². The van der Waals surface area contributed by atoms with Crippen molar-refractivity contribution in [2.75, 3.05) is 23.7 Å². The van der Waals surface area contributed by atoms with Crippen LogP contribution in [-0.4, -0.2) is 27.3 Å². The van der Waals surface area contributed by atoms with Gasteiger partial charge in [-0.25, -0.2) is 4.21 Å². The van der Waals surface area contributed by atoms with Crippen molar-refractivity contribution in [3.8, 4) is 5.75 Å². The Bertz CT molecular complexity index is 1530. The average Bonchev–Trinajstić information content (AvgIpc) is 3.19. The van der Waals surface area contributed by atoms with Crippen molar-refractivity contribution >= 4 is 92.0 Å². The summed E-state index contributed by atoms with van der Waals surface area (Å²) in [6.45, 7) is 1.20. The third-order valence-corrected chi connectivity index (χ3v) is 9.18. The summed E-state index contributed by atoms with van der Waals surface area (Å²) in [6.07, 6.45) is 0. The number of fused-ring (bicyclic) bond motifs is 3. The van der Waals surface area contributed by atoms with Crippen molar-refractivity contribution in [2.45, 2.75) is 16.3 Å². The van der Waals surface area contributed by atoms with Gasteiger partial charge in [0.05, 0.1) is 16.8 Å². The van der Waals surface area contributed by atoms with Crippen molar-refractivity contribution in [3.63, 3.8) is 0 Å². The molecule has 0 aliphatic carbocycles. The molecule has 2 atom stereocenters. The molecule has 5 nitrogen and oxygen atoms in total. The molecule has 0 amide bonds. The highest BCUT2D eigenvalue weighted by atomic mass is 79.9. The van der Waals surface area contributed by atoms with E-state index in [-0.39, 0.29) is 4.83 Å². The normalized spacial score (nSPS) is 13.1. The summed E-state index contributed by atoms with van der Waals surface area (Å²) in [4.78, 5) is 0.690. The van der Waals surface area contributed by atoms with E-state index in [9.17, 15) is 4.21 Å². The summed E-state index contributed by atoms with van der Waals surface area (Å²) in [5.74, 6) is 0.750. The highest BCUT2D eigenvalue weighted by Gasteiger charge is 2.22. The first-order valence-corrected chi connectivity index (χ1v) is 15.1. The molecule has 0 aliphatic heterocycles. The van der Waals surface area contributed by atoms with Crippen LogP contribution in [0.2, 0.25) is 0 Å². The molecule has 0 saturated carbocycles. The molecule has 37 heavy (non-hydrogen) atoms. The molecular weight excluding hydrogens is 682 g/mol. The van der Waals surface area contributed by atoms with E-state index in [4.69, 9.17) is 10.5 Å². The van der Waals surface area contributed by atoms with Crippen LogP contribution in [0.4, 0.5) is 11.4 Å². The third-order valence-electron chi connectivity index (χ3n) is 6.18. The van der Waals surface area contributed by atoms with Gasteiger partial charge in [0, 0.05) is 55.2 Å². The maximum Gasteiger partial charge on any atom is 0.152 e. The number of aromatic nitrogens is 1. The number of halogens is 3. The molecule has 1 aromatic heterocycles. The molecule has 2 N–H and O–H groups in total. The van der Waals surface area contributed by atoms with Crippen molar-refractivity contribution in [1.29, 1.82) is 0 Å². The standard InChI is InChI=1S/C28H24Br3N3O2S/c1-36-23-8-6-22(7-9-23)34(37(35)24-10-4-21(32)5-11-24)17-20(31)16-33-27-12-2-18(29)14-25(27)26-15-19(30)3-13-28(26)33/h2-15,20H,16-17,32H2,1H3. The SMILES string of the molecule is COc1ccc(N(CC(Br)Cn2c3ccc(Br)cc3c3cc(Br)ccc32)S(=O)c2ccc(N)cc2)cc1. The molecule has 190 valence electrons. The number of hydrogen-bond acceptors (Lipinski definition) is 3. The summed E-state index contributed by atoms with van der Waals surface area (Å²) in [6, 6.07) is 27.5. The van der Waals surface area contributed by atoms with Gasteiger partial charge in [0.15, 0.2) is 11.0 Å². The average molecular weight is 706 g/mol. The molecule has 2 unspecified atom stereocenters. The maximum absolute atomic E-state index is 13.8. The van der Waals surface area contributed by atoms with Crippen molar-refractivity contribution in [1.82, 2.24) is 4.57 Å². The highest BCUT2D eigenvalue weighted by molar-refractivity contribution is 9.10. The Morgan fingerprint density at radius 2 is 1.46 bits per heavy atom. The van der Waals surface area contributed by atoms with Gasteiger partial charge in [-0.1, -0.05) is 47.8 Å². The highest BCUT2D eigenvalue weighted by Crippen LogP contribution is 2.34. The third kappa shape index (κ3) is 5.60. The number of alkyl halides is 1. The molecule has 0 spiro atoms.